The molecule has 0 aliphatic carbocycles. The Morgan fingerprint density at radius 3 is 2.42 bits per heavy atom. The number of benzene rings is 1. The van der Waals surface area contributed by atoms with E-state index in [1.165, 1.54) is 0 Å². The van der Waals surface area contributed by atoms with Crippen LogP contribution in [0, 0.1) is 11.3 Å². The number of piperidine rings is 1. The molecule has 0 saturated carbocycles. The third-order valence-corrected chi connectivity index (χ3v) is 4.37. The molecule has 0 amide bonds. The molecule has 1 aromatic carbocycles. The lowest BCUT2D eigenvalue weighted by molar-refractivity contribution is 0.167. The van der Waals surface area contributed by atoms with Crippen molar-refractivity contribution >= 4 is 29.9 Å². The minimum atomic E-state index is 0. The molecule has 24 heavy (non-hydrogen) atoms. The third-order valence-electron chi connectivity index (χ3n) is 4.37. The molecule has 0 atom stereocenters. The Kier molecular flexibility index (Phi) is 9.08. The van der Waals surface area contributed by atoms with Crippen molar-refractivity contribution in [2.75, 3.05) is 20.1 Å². The lowest BCUT2D eigenvalue weighted by atomic mass is 10.0. The fraction of sp³-hybridized carbons (Fsp3) is 0.556. The molecule has 5 nitrogen and oxygen atoms in total. The molecule has 1 aliphatic heterocycles. The van der Waals surface area contributed by atoms with Gasteiger partial charge in [0.05, 0.1) is 11.6 Å². The molecule has 6 heteroatoms. The summed E-state index contributed by atoms with van der Waals surface area (Å²) < 4.78 is 0. The summed E-state index contributed by atoms with van der Waals surface area (Å²) in [5.41, 5.74) is 1.83. The van der Waals surface area contributed by atoms with Gasteiger partial charge in [0.2, 0.25) is 0 Å². The Morgan fingerprint density at radius 1 is 1.29 bits per heavy atom. The van der Waals surface area contributed by atoms with Crippen molar-refractivity contribution in [3.8, 4) is 6.07 Å². The monoisotopic (exact) mass is 441 g/mol. The molecular formula is C18H28IN5. The van der Waals surface area contributed by atoms with E-state index in [9.17, 15) is 0 Å². The normalized spacial score (nSPS) is 16.4. The Hall–Kier alpha value is -1.33. The molecule has 1 fully saturated rings. The molecule has 132 valence electrons. The van der Waals surface area contributed by atoms with Crippen LogP contribution in [0.4, 0.5) is 0 Å². The van der Waals surface area contributed by atoms with E-state index in [1.54, 1.807) is 7.05 Å². The first-order valence-corrected chi connectivity index (χ1v) is 8.32. The van der Waals surface area contributed by atoms with Crippen molar-refractivity contribution in [3.05, 3.63) is 35.4 Å². The van der Waals surface area contributed by atoms with Crippen molar-refractivity contribution in [3.63, 3.8) is 0 Å². The highest BCUT2D eigenvalue weighted by molar-refractivity contribution is 14.0. The van der Waals surface area contributed by atoms with Gasteiger partial charge in [-0.2, -0.15) is 5.26 Å². The fourth-order valence-corrected chi connectivity index (χ4v) is 2.83. The second-order valence-electron chi connectivity index (χ2n) is 6.28. The molecule has 1 heterocycles. The van der Waals surface area contributed by atoms with Crippen molar-refractivity contribution in [2.24, 2.45) is 4.99 Å². The number of hydrogen-bond donors (Lipinski definition) is 2. The van der Waals surface area contributed by atoms with Crippen molar-refractivity contribution in [1.29, 1.82) is 5.26 Å². The lowest BCUT2D eigenvalue weighted by Gasteiger charge is -2.35. The number of hydrogen-bond acceptors (Lipinski definition) is 3. The van der Waals surface area contributed by atoms with E-state index in [1.807, 2.05) is 24.3 Å². The number of rotatable bonds is 4. The molecule has 0 unspecified atom stereocenters. The number of likely N-dealkylation sites (tertiary alicyclic amines) is 1. The van der Waals surface area contributed by atoms with Crippen LogP contribution in [0.2, 0.25) is 0 Å². The Bertz CT molecular complexity index is 554. The summed E-state index contributed by atoms with van der Waals surface area (Å²) in [5.74, 6) is 0.845. The zero-order valence-electron chi connectivity index (χ0n) is 14.7. The van der Waals surface area contributed by atoms with Crippen molar-refractivity contribution in [2.45, 2.75) is 45.3 Å². The number of halogens is 1. The molecule has 0 bridgehead atoms. The second kappa shape index (κ2) is 10.5. The zero-order chi connectivity index (χ0) is 16.7. The minimum absolute atomic E-state index is 0. The van der Waals surface area contributed by atoms with Gasteiger partial charge in [-0.1, -0.05) is 12.1 Å². The van der Waals surface area contributed by atoms with Gasteiger partial charge in [0, 0.05) is 38.8 Å². The van der Waals surface area contributed by atoms with Gasteiger partial charge in [-0.3, -0.25) is 4.99 Å². The molecule has 0 spiro atoms. The van der Waals surface area contributed by atoms with Gasteiger partial charge in [-0.25, -0.2) is 0 Å². The molecule has 0 radical (unpaired) electrons. The highest BCUT2D eigenvalue weighted by Gasteiger charge is 2.21. The molecule has 1 aromatic rings. The molecule has 2 N–H and O–H groups in total. The highest BCUT2D eigenvalue weighted by Crippen LogP contribution is 2.12. The number of aliphatic imine (C=N–C) groups is 1. The minimum Gasteiger partial charge on any atom is -0.354 e. The SMILES string of the molecule is CN=C(NCc1ccc(C#N)cc1)NC1CCN(C(C)C)CC1.I. The van der Waals surface area contributed by atoms with Crippen molar-refractivity contribution in [1.82, 2.24) is 15.5 Å². The van der Waals surface area contributed by atoms with Crippen molar-refractivity contribution < 1.29 is 0 Å². The van der Waals surface area contributed by atoms with Gasteiger partial charge in [-0.15, -0.1) is 24.0 Å². The topological polar surface area (TPSA) is 63.5 Å². The molecule has 2 rings (SSSR count). The summed E-state index contributed by atoms with van der Waals surface area (Å²) in [7, 11) is 1.80. The first-order chi connectivity index (χ1) is 11.1. The van der Waals surface area contributed by atoms with Crippen LogP contribution in [-0.2, 0) is 6.54 Å². The lowest BCUT2D eigenvalue weighted by Crippen LogP contribution is -2.49. The molecule has 0 aromatic heterocycles. The summed E-state index contributed by atoms with van der Waals surface area (Å²) in [5, 5.41) is 15.7. The summed E-state index contributed by atoms with van der Waals surface area (Å²) >= 11 is 0. The van der Waals surface area contributed by atoms with E-state index >= 15 is 0 Å². The van der Waals surface area contributed by atoms with E-state index < -0.39 is 0 Å². The molecular weight excluding hydrogens is 413 g/mol. The summed E-state index contributed by atoms with van der Waals surface area (Å²) in [6.45, 7) is 7.50. The summed E-state index contributed by atoms with van der Waals surface area (Å²) in [4.78, 5) is 6.83. The maximum atomic E-state index is 8.82. The van der Waals surface area contributed by atoms with Crippen LogP contribution < -0.4 is 10.6 Å². The van der Waals surface area contributed by atoms with Crippen LogP contribution in [0.5, 0.6) is 0 Å². The number of nitrogens with one attached hydrogen (secondary N) is 2. The molecule has 1 aliphatic rings. The Morgan fingerprint density at radius 2 is 1.92 bits per heavy atom. The van der Waals surface area contributed by atoms with Crippen LogP contribution in [-0.4, -0.2) is 43.1 Å². The third kappa shape index (κ3) is 6.29. The zero-order valence-corrected chi connectivity index (χ0v) is 17.1. The Labute approximate surface area is 162 Å². The van der Waals surface area contributed by atoms with Crippen LogP contribution in [0.1, 0.15) is 37.8 Å². The van der Waals surface area contributed by atoms with E-state index in [-0.39, 0.29) is 24.0 Å². The first kappa shape index (κ1) is 20.7. The largest absolute Gasteiger partial charge is 0.354 e. The van der Waals surface area contributed by atoms with Gasteiger partial charge in [-0.05, 0) is 44.4 Å². The number of nitriles is 1. The van der Waals surface area contributed by atoms with Gasteiger partial charge >= 0.3 is 0 Å². The maximum Gasteiger partial charge on any atom is 0.191 e. The average molecular weight is 441 g/mol. The van der Waals surface area contributed by atoms with Gasteiger partial charge in [0.15, 0.2) is 5.96 Å². The standard InChI is InChI=1S/C18H27N5.HI/c1-14(2)23-10-8-17(9-11-23)22-18(20-3)21-13-16-6-4-15(12-19)5-7-16;/h4-7,14,17H,8-11,13H2,1-3H3,(H2,20,21,22);1H. The fourth-order valence-electron chi connectivity index (χ4n) is 2.83. The van der Waals surface area contributed by atoms with E-state index in [4.69, 9.17) is 5.26 Å². The van der Waals surface area contributed by atoms with Crippen LogP contribution in [0.3, 0.4) is 0 Å². The molecule has 1 saturated heterocycles. The summed E-state index contributed by atoms with van der Waals surface area (Å²) in [6.07, 6.45) is 2.30. The summed E-state index contributed by atoms with van der Waals surface area (Å²) in [6, 6.07) is 10.9. The van der Waals surface area contributed by atoms with Crippen LogP contribution in [0.25, 0.3) is 0 Å². The van der Waals surface area contributed by atoms with E-state index in [0.717, 1.165) is 37.5 Å². The maximum absolute atomic E-state index is 8.82. The van der Waals surface area contributed by atoms with Gasteiger partial charge < -0.3 is 15.5 Å². The van der Waals surface area contributed by atoms with Crippen LogP contribution >= 0.6 is 24.0 Å². The Balaban J connectivity index is 0.00000288. The first-order valence-electron chi connectivity index (χ1n) is 8.32. The number of guanidine groups is 1. The smallest absolute Gasteiger partial charge is 0.191 e. The van der Waals surface area contributed by atoms with Gasteiger partial charge in [0.1, 0.15) is 0 Å². The second-order valence-corrected chi connectivity index (χ2v) is 6.28. The quantitative estimate of drug-likeness (QED) is 0.429. The predicted octanol–water partition coefficient (Wildman–Crippen LogP) is 2.71. The average Bonchev–Trinajstić information content (AvgIpc) is 2.59. The van der Waals surface area contributed by atoms with E-state index in [0.29, 0.717) is 24.2 Å². The van der Waals surface area contributed by atoms with Gasteiger partial charge in [0.25, 0.3) is 0 Å². The highest BCUT2D eigenvalue weighted by atomic mass is 127. The predicted molar refractivity (Wildman–Crippen MR) is 110 cm³/mol. The van der Waals surface area contributed by atoms with E-state index in [2.05, 4.69) is 40.4 Å². The number of nitrogens with zero attached hydrogens (tertiary/aromatic N) is 3. The van der Waals surface area contributed by atoms with Crippen LogP contribution in [0.15, 0.2) is 29.3 Å².